The minimum Gasteiger partial charge on any atom is -0.359 e. The average Bonchev–Trinajstić information content (AvgIpc) is 2.88. The maximum Gasteiger partial charge on any atom is 0.253 e. The Kier molecular flexibility index (Phi) is 6.84. The number of aromatic nitrogens is 1. The molecule has 0 atom stereocenters. The highest BCUT2D eigenvalue weighted by Gasteiger charge is 2.37. The molecule has 7 nitrogen and oxygen atoms in total. The molecule has 4 rings (SSSR count). The Labute approximate surface area is 193 Å². The van der Waals surface area contributed by atoms with Crippen LogP contribution in [0.2, 0.25) is 0 Å². The van der Waals surface area contributed by atoms with E-state index in [1.807, 2.05) is 42.6 Å². The summed E-state index contributed by atoms with van der Waals surface area (Å²) in [6.45, 7) is 0.553. The van der Waals surface area contributed by atoms with E-state index in [-0.39, 0.29) is 17.4 Å². The molecule has 0 aliphatic heterocycles. The zero-order valence-electron chi connectivity index (χ0n) is 18.7. The lowest BCUT2D eigenvalue weighted by Crippen LogP contribution is -2.49. The first-order chi connectivity index (χ1) is 16.1. The molecule has 3 N–H and O–H groups in total. The van der Waals surface area contributed by atoms with E-state index in [2.05, 4.69) is 50.2 Å². The summed E-state index contributed by atoms with van der Waals surface area (Å²) in [6.07, 6.45) is 7.17. The van der Waals surface area contributed by atoms with Crippen molar-refractivity contribution in [1.82, 2.24) is 20.9 Å². The topological polar surface area (TPSA) is 102 Å². The summed E-state index contributed by atoms with van der Waals surface area (Å²) in [5.74, 6) is 0.389. The second-order valence-electron chi connectivity index (χ2n) is 8.44. The van der Waals surface area contributed by atoms with Crippen LogP contribution >= 0.6 is 0 Å². The number of carbonyl (C=O) groups excluding carboxylic acids is 1. The van der Waals surface area contributed by atoms with E-state index in [4.69, 9.17) is 5.26 Å². The monoisotopic (exact) mass is 440 g/mol. The Bertz CT molecular complexity index is 1170. The van der Waals surface area contributed by atoms with Crippen molar-refractivity contribution in [3.63, 3.8) is 0 Å². The minimum absolute atomic E-state index is 0.103. The Balaban J connectivity index is 1.51. The number of hydrogen-bond donors (Lipinski definition) is 3. The third-order valence-corrected chi connectivity index (χ3v) is 6.53. The fourth-order valence-electron chi connectivity index (χ4n) is 4.71. The summed E-state index contributed by atoms with van der Waals surface area (Å²) in [6, 6.07) is 20.2. The highest BCUT2D eigenvalue weighted by Crippen LogP contribution is 2.39. The van der Waals surface area contributed by atoms with Gasteiger partial charge in [0.25, 0.3) is 5.91 Å². The molecule has 0 saturated heterocycles. The van der Waals surface area contributed by atoms with Crippen LogP contribution in [0.5, 0.6) is 0 Å². The van der Waals surface area contributed by atoms with E-state index in [1.54, 1.807) is 13.2 Å². The van der Waals surface area contributed by atoms with Crippen LogP contribution in [0.15, 0.2) is 71.9 Å². The van der Waals surface area contributed by atoms with E-state index in [9.17, 15) is 4.79 Å². The zero-order chi connectivity index (χ0) is 23.1. The second-order valence-corrected chi connectivity index (χ2v) is 8.44. The molecule has 0 bridgehead atoms. The normalized spacial score (nSPS) is 20.6. The molecule has 7 heteroatoms. The predicted octanol–water partition coefficient (Wildman–Crippen LogP) is 3.49. The number of guanidine groups is 1. The SMILES string of the molecule is CN/C(=N\C#N)N[C@H]1CC[C@](CNC(=O)c2cccc3cccnc23)(c2ccccc2)CC1. The van der Waals surface area contributed by atoms with E-state index in [1.165, 1.54) is 5.56 Å². The van der Waals surface area contributed by atoms with Crippen LogP contribution in [-0.2, 0) is 5.41 Å². The van der Waals surface area contributed by atoms with Crippen LogP contribution < -0.4 is 16.0 Å². The van der Waals surface area contributed by atoms with E-state index in [0.29, 0.717) is 18.1 Å². The third-order valence-electron chi connectivity index (χ3n) is 6.53. The lowest BCUT2D eigenvalue weighted by molar-refractivity contribution is 0.0936. The largest absolute Gasteiger partial charge is 0.359 e. The molecule has 1 aliphatic rings. The summed E-state index contributed by atoms with van der Waals surface area (Å²) in [4.78, 5) is 21.4. The van der Waals surface area contributed by atoms with Crippen molar-refractivity contribution in [1.29, 1.82) is 5.26 Å². The molecule has 1 aromatic heterocycles. The first kappa shape index (κ1) is 22.3. The molecule has 0 unspecified atom stereocenters. The molecule has 0 radical (unpaired) electrons. The summed E-state index contributed by atoms with van der Waals surface area (Å²) in [5, 5.41) is 19.3. The van der Waals surface area contributed by atoms with Gasteiger partial charge < -0.3 is 16.0 Å². The number of nitriles is 1. The number of aliphatic imine (C=N–C) groups is 1. The van der Waals surface area contributed by atoms with Crippen molar-refractivity contribution >= 4 is 22.8 Å². The summed E-state index contributed by atoms with van der Waals surface area (Å²) in [7, 11) is 1.75. The van der Waals surface area contributed by atoms with Crippen molar-refractivity contribution in [3.05, 3.63) is 78.0 Å². The number of hydrogen-bond acceptors (Lipinski definition) is 4. The van der Waals surface area contributed by atoms with Crippen molar-refractivity contribution in [2.45, 2.75) is 37.1 Å². The number of benzene rings is 2. The van der Waals surface area contributed by atoms with Crippen LogP contribution in [0.25, 0.3) is 10.9 Å². The number of carbonyl (C=O) groups is 1. The fraction of sp³-hybridized carbons (Fsp3) is 0.308. The van der Waals surface area contributed by atoms with Gasteiger partial charge >= 0.3 is 0 Å². The van der Waals surface area contributed by atoms with Gasteiger partial charge in [0.15, 0.2) is 0 Å². The number of fused-ring (bicyclic) bond motifs is 1. The smallest absolute Gasteiger partial charge is 0.253 e. The number of pyridine rings is 1. The van der Waals surface area contributed by atoms with Gasteiger partial charge in [0.05, 0.1) is 11.1 Å². The van der Waals surface area contributed by atoms with Crippen LogP contribution in [0.3, 0.4) is 0 Å². The van der Waals surface area contributed by atoms with E-state index < -0.39 is 0 Å². The number of amides is 1. The molecule has 2 aromatic carbocycles. The van der Waals surface area contributed by atoms with Crippen molar-refractivity contribution in [2.24, 2.45) is 4.99 Å². The highest BCUT2D eigenvalue weighted by atomic mass is 16.1. The highest BCUT2D eigenvalue weighted by molar-refractivity contribution is 6.05. The van der Waals surface area contributed by atoms with E-state index >= 15 is 0 Å². The molecule has 1 fully saturated rings. The van der Waals surface area contributed by atoms with Gasteiger partial charge in [0.2, 0.25) is 12.2 Å². The molecule has 1 amide bonds. The number of rotatable bonds is 5. The molecule has 168 valence electrons. The molecular weight excluding hydrogens is 412 g/mol. The second kappa shape index (κ2) is 10.1. The van der Waals surface area contributed by atoms with Gasteiger partial charge in [-0.1, -0.05) is 48.5 Å². The summed E-state index contributed by atoms with van der Waals surface area (Å²) in [5.41, 5.74) is 2.40. The van der Waals surface area contributed by atoms with Crippen molar-refractivity contribution < 1.29 is 4.79 Å². The van der Waals surface area contributed by atoms with Crippen molar-refractivity contribution in [2.75, 3.05) is 13.6 Å². The molecule has 1 heterocycles. The van der Waals surface area contributed by atoms with Gasteiger partial charge in [0, 0.05) is 36.6 Å². The molecular formula is C26H28N6O. The zero-order valence-corrected chi connectivity index (χ0v) is 18.7. The molecule has 1 aliphatic carbocycles. The fourth-order valence-corrected chi connectivity index (χ4v) is 4.71. The van der Waals surface area contributed by atoms with Crippen LogP contribution in [0.4, 0.5) is 0 Å². The van der Waals surface area contributed by atoms with Gasteiger partial charge in [-0.3, -0.25) is 9.78 Å². The van der Waals surface area contributed by atoms with Crippen LogP contribution in [0, 0.1) is 11.5 Å². The Morgan fingerprint density at radius 3 is 2.61 bits per heavy atom. The Morgan fingerprint density at radius 2 is 1.88 bits per heavy atom. The van der Waals surface area contributed by atoms with Crippen LogP contribution in [-0.4, -0.2) is 36.5 Å². The molecule has 0 spiro atoms. The van der Waals surface area contributed by atoms with Gasteiger partial charge in [-0.25, -0.2) is 0 Å². The minimum atomic E-state index is -0.153. The predicted molar refractivity (Wildman–Crippen MR) is 130 cm³/mol. The first-order valence-electron chi connectivity index (χ1n) is 11.2. The standard InChI is InChI=1S/C26H28N6O/c1-28-25(31-18-27)32-21-12-14-26(15-13-21,20-9-3-2-4-10-20)17-30-24(33)22-11-5-7-19-8-6-16-29-23(19)22/h2-11,16,21H,12-15,17H2,1H3,(H,30,33)(H2,28,31,32)/t21-,26-. The Hall–Kier alpha value is -3.92. The van der Waals surface area contributed by atoms with Gasteiger partial charge in [-0.2, -0.15) is 5.26 Å². The lowest BCUT2D eigenvalue weighted by Gasteiger charge is -2.41. The van der Waals surface area contributed by atoms with Gasteiger partial charge in [-0.15, -0.1) is 4.99 Å². The molecule has 33 heavy (non-hydrogen) atoms. The number of para-hydroxylation sites is 1. The third kappa shape index (κ3) is 4.96. The maximum atomic E-state index is 13.2. The number of nitrogens with zero attached hydrogens (tertiary/aromatic N) is 3. The number of nitrogens with one attached hydrogen (secondary N) is 3. The lowest BCUT2D eigenvalue weighted by atomic mass is 9.68. The van der Waals surface area contributed by atoms with Gasteiger partial charge in [0.1, 0.15) is 0 Å². The van der Waals surface area contributed by atoms with Crippen molar-refractivity contribution in [3.8, 4) is 6.19 Å². The molecule has 3 aromatic rings. The summed E-state index contributed by atoms with van der Waals surface area (Å²) < 4.78 is 0. The van der Waals surface area contributed by atoms with Crippen LogP contribution in [0.1, 0.15) is 41.6 Å². The first-order valence-corrected chi connectivity index (χ1v) is 11.2. The quantitative estimate of drug-likeness (QED) is 0.320. The average molecular weight is 441 g/mol. The maximum absolute atomic E-state index is 13.2. The van der Waals surface area contributed by atoms with E-state index in [0.717, 1.165) is 36.6 Å². The Morgan fingerprint density at radius 1 is 1.12 bits per heavy atom. The summed E-state index contributed by atoms with van der Waals surface area (Å²) >= 11 is 0. The van der Waals surface area contributed by atoms with Gasteiger partial charge in [-0.05, 0) is 43.4 Å². The molecule has 1 saturated carbocycles.